The molecule has 0 fully saturated rings. The number of benzene rings is 1. The van der Waals surface area contributed by atoms with Crippen LogP contribution in [0.5, 0.6) is 5.75 Å². The summed E-state index contributed by atoms with van der Waals surface area (Å²) in [5.74, 6) is 0.686. The number of phenolic OH excluding ortho intramolecular Hbond substituents is 1. The number of thiazole rings is 1. The summed E-state index contributed by atoms with van der Waals surface area (Å²) in [6.45, 7) is 1.47. The van der Waals surface area contributed by atoms with Gasteiger partial charge < -0.3 is 10.4 Å². The number of hydrogen-bond donors (Lipinski definition) is 2. The number of amides is 1. The van der Waals surface area contributed by atoms with Gasteiger partial charge in [0, 0.05) is 18.7 Å². The summed E-state index contributed by atoms with van der Waals surface area (Å²) >= 11 is 1.44. The van der Waals surface area contributed by atoms with Crippen LogP contribution in [0.15, 0.2) is 30.5 Å². The summed E-state index contributed by atoms with van der Waals surface area (Å²) < 4.78 is 0. The van der Waals surface area contributed by atoms with Crippen LogP contribution in [0.4, 0.5) is 5.13 Å². The molecule has 0 bridgehead atoms. The molecule has 0 unspecified atom stereocenters. The fourth-order valence-electron chi connectivity index (χ4n) is 2.70. The Bertz CT molecular complexity index is 934. The monoisotopic (exact) mass is 338 g/mol. The Labute approximate surface area is 142 Å². The molecule has 2 heterocycles. The van der Waals surface area contributed by atoms with Crippen LogP contribution in [0.2, 0.25) is 0 Å². The van der Waals surface area contributed by atoms with Crippen LogP contribution >= 0.6 is 11.3 Å². The summed E-state index contributed by atoms with van der Waals surface area (Å²) in [7, 11) is 0. The highest BCUT2D eigenvalue weighted by Gasteiger charge is 2.23. The first-order valence-electron chi connectivity index (χ1n) is 7.53. The molecule has 0 atom stereocenters. The molecule has 3 aromatic rings. The SMILES string of the molecule is CC(=O)Nc1nc2c(s1)-c1nc(-c3ccc(O)cc3)ncc1CC2. The summed E-state index contributed by atoms with van der Waals surface area (Å²) in [6.07, 6.45) is 3.51. The molecule has 0 saturated carbocycles. The topological polar surface area (TPSA) is 88.0 Å². The van der Waals surface area contributed by atoms with Gasteiger partial charge in [0.05, 0.1) is 16.3 Å². The lowest BCUT2D eigenvalue weighted by molar-refractivity contribution is -0.114. The smallest absolute Gasteiger partial charge is 0.223 e. The molecule has 4 rings (SSSR count). The minimum atomic E-state index is -0.131. The van der Waals surface area contributed by atoms with Crippen molar-refractivity contribution in [1.29, 1.82) is 0 Å². The average molecular weight is 338 g/mol. The van der Waals surface area contributed by atoms with E-state index in [1.54, 1.807) is 24.3 Å². The highest BCUT2D eigenvalue weighted by molar-refractivity contribution is 7.19. The van der Waals surface area contributed by atoms with Gasteiger partial charge in [0.1, 0.15) is 5.75 Å². The van der Waals surface area contributed by atoms with Gasteiger partial charge in [-0.15, -0.1) is 0 Å². The van der Waals surface area contributed by atoms with Gasteiger partial charge in [0.25, 0.3) is 0 Å². The van der Waals surface area contributed by atoms with Gasteiger partial charge in [-0.25, -0.2) is 15.0 Å². The van der Waals surface area contributed by atoms with E-state index in [9.17, 15) is 9.90 Å². The van der Waals surface area contributed by atoms with E-state index >= 15 is 0 Å². The van der Waals surface area contributed by atoms with Gasteiger partial charge in [-0.2, -0.15) is 0 Å². The molecule has 6 nitrogen and oxygen atoms in total. The molecule has 1 amide bonds. The molecule has 0 aliphatic heterocycles. The molecular formula is C17H14N4O2S. The van der Waals surface area contributed by atoms with Gasteiger partial charge in [0.2, 0.25) is 5.91 Å². The number of nitrogens with zero attached hydrogens (tertiary/aromatic N) is 3. The van der Waals surface area contributed by atoms with E-state index in [0.29, 0.717) is 11.0 Å². The molecule has 1 aromatic carbocycles. The predicted octanol–water partition coefficient (Wildman–Crippen LogP) is 3.03. The van der Waals surface area contributed by atoms with Crippen molar-refractivity contribution in [2.24, 2.45) is 0 Å². The Balaban J connectivity index is 1.78. The lowest BCUT2D eigenvalue weighted by Gasteiger charge is -2.14. The van der Waals surface area contributed by atoms with Crippen molar-refractivity contribution in [2.75, 3.05) is 5.32 Å². The van der Waals surface area contributed by atoms with Crippen LogP contribution in [-0.2, 0) is 17.6 Å². The van der Waals surface area contributed by atoms with Crippen molar-refractivity contribution in [3.8, 4) is 27.7 Å². The Morgan fingerprint density at radius 2 is 2.00 bits per heavy atom. The molecule has 7 heteroatoms. The van der Waals surface area contributed by atoms with E-state index in [1.165, 1.54) is 18.3 Å². The van der Waals surface area contributed by atoms with E-state index in [-0.39, 0.29) is 11.7 Å². The number of aromatic hydroxyl groups is 1. The zero-order chi connectivity index (χ0) is 16.7. The van der Waals surface area contributed by atoms with E-state index in [2.05, 4.69) is 15.3 Å². The van der Waals surface area contributed by atoms with Crippen molar-refractivity contribution in [3.63, 3.8) is 0 Å². The van der Waals surface area contributed by atoms with Crippen molar-refractivity contribution < 1.29 is 9.90 Å². The van der Waals surface area contributed by atoms with Gasteiger partial charge in [-0.3, -0.25) is 4.79 Å². The number of aryl methyl sites for hydroxylation is 2. The molecule has 1 aliphatic rings. The molecule has 1 aliphatic carbocycles. The Kier molecular flexibility index (Phi) is 3.50. The number of aromatic nitrogens is 3. The standard InChI is InChI=1S/C17H14N4O2S/c1-9(22)19-17-20-13-7-4-11-8-18-16(21-14(11)15(13)24-17)10-2-5-12(23)6-3-10/h2-3,5-6,8,23H,4,7H2,1H3,(H,19,20,22). The highest BCUT2D eigenvalue weighted by atomic mass is 32.1. The predicted molar refractivity (Wildman–Crippen MR) is 92.0 cm³/mol. The number of phenols is 1. The minimum Gasteiger partial charge on any atom is -0.508 e. The third-order valence-corrected chi connectivity index (χ3v) is 4.84. The van der Waals surface area contributed by atoms with E-state index in [4.69, 9.17) is 4.98 Å². The molecule has 120 valence electrons. The van der Waals surface area contributed by atoms with Crippen LogP contribution in [0.3, 0.4) is 0 Å². The normalized spacial score (nSPS) is 12.4. The minimum absolute atomic E-state index is 0.131. The van der Waals surface area contributed by atoms with Crippen molar-refractivity contribution in [2.45, 2.75) is 19.8 Å². The van der Waals surface area contributed by atoms with Gasteiger partial charge in [-0.05, 0) is 42.7 Å². The zero-order valence-corrected chi connectivity index (χ0v) is 13.7. The van der Waals surface area contributed by atoms with Crippen LogP contribution in [0, 0.1) is 0 Å². The number of nitrogens with one attached hydrogen (secondary N) is 1. The molecule has 0 spiro atoms. The molecular weight excluding hydrogens is 324 g/mol. The maximum absolute atomic E-state index is 11.2. The van der Waals surface area contributed by atoms with Crippen molar-refractivity contribution in [3.05, 3.63) is 41.7 Å². The average Bonchev–Trinajstić information content (AvgIpc) is 2.97. The van der Waals surface area contributed by atoms with Crippen LogP contribution in [0.1, 0.15) is 18.2 Å². The molecule has 2 N–H and O–H groups in total. The second-order valence-corrected chi connectivity index (χ2v) is 6.59. The van der Waals surface area contributed by atoms with Crippen LogP contribution in [-0.4, -0.2) is 26.0 Å². The Hall–Kier alpha value is -2.80. The van der Waals surface area contributed by atoms with Crippen LogP contribution in [0.25, 0.3) is 22.0 Å². The highest BCUT2D eigenvalue weighted by Crippen LogP contribution is 2.38. The lowest BCUT2D eigenvalue weighted by atomic mass is 9.99. The lowest BCUT2D eigenvalue weighted by Crippen LogP contribution is -2.07. The second-order valence-electron chi connectivity index (χ2n) is 5.59. The largest absolute Gasteiger partial charge is 0.508 e. The zero-order valence-electron chi connectivity index (χ0n) is 12.9. The third kappa shape index (κ3) is 2.63. The van der Waals surface area contributed by atoms with Gasteiger partial charge >= 0.3 is 0 Å². The van der Waals surface area contributed by atoms with Crippen molar-refractivity contribution in [1.82, 2.24) is 15.0 Å². The first-order chi connectivity index (χ1) is 11.6. The van der Waals surface area contributed by atoms with Gasteiger partial charge in [-0.1, -0.05) is 11.3 Å². The summed E-state index contributed by atoms with van der Waals surface area (Å²) in [6, 6.07) is 6.81. The Morgan fingerprint density at radius 1 is 1.21 bits per heavy atom. The number of anilines is 1. The number of carbonyl (C=O) groups excluding carboxylic acids is 1. The third-order valence-electron chi connectivity index (χ3n) is 3.82. The fourth-order valence-corrected chi connectivity index (χ4v) is 3.78. The fraction of sp³-hybridized carbons (Fsp3) is 0.176. The molecule has 2 aromatic heterocycles. The van der Waals surface area contributed by atoms with Crippen molar-refractivity contribution >= 4 is 22.4 Å². The second kappa shape index (κ2) is 5.68. The number of rotatable bonds is 2. The summed E-state index contributed by atoms with van der Waals surface area (Å²) in [5.41, 5.74) is 3.77. The van der Waals surface area contributed by atoms with Gasteiger partial charge in [0.15, 0.2) is 11.0 Å². The maximum atomic E-state index is 11.2. The first-order valence-corrected chi connectivity index (χ1v) is 8.35. The number of carbonyl (C=O) groups is 1. The van der Waals surface area contributed by atoms with E-state index in [0.717, 1.165) is 40.2 Å². The van der Waals surface area contributed by atoms with E-state index in [1.807, 2.05) is 6.20 Å². The van der Waals surface area contributed by atoms with E-state index < -0.39 is 0 Å². The maximum Gasteiger partial charge on any atom is 0.223 e. The van der Waals surface area contributed by atoms with Crippen LogP contribution < -0.4 is 5.32 Å². The Morgan fingerprint density at radius 3 is 2.75 bits per heavy atom. The number of fused-ring (bicyclic) bond motifs is 3. The first kappa shape index (κ1) is 14.8. The quantitative estimate of drug-likeness (QED) is 0.750. The molecule has 0 saturated heterocycles. The summed E-state index contributed by atoms with van der Waals surface area (Å²) in [5, 5.41) is 12.8. The molecule has 0 radical (unpaired) electrons. The number of hydrogen-bond acceptors (Lipinski definition) is 6. The molecule has 24 heavy (non-hydrogen) atoms. The summed E-state index contributed by atoms with van der Waals surface area (Å²) in [4.78, 5) is 25.9.